The highest BCUT2D eigenvalue weighted by molar-refractivity contribution is 6.70. The van der Waals surface area contributed by atoms with Crippen molar-refractivity contribution in [1.82, 2.24) is 0 Å². The molecule has 1 aromatic carbocycles. The Morgan fingerprint density at radius 3 is 2.20 bits per heavy atom. The maximum atomic E-state index is 13.5. The first kappa shape index (κ1) is 12.1. The summed E-state index contributed by atoms with van der Waals surface area (Å²) < 4.78 is 13.5. The van der Waals surface area contributed by atoms with Crippen LogP contribution in [0.2, 0.25) is 0 Å². The lowest BCUT2D eigenvalue weighted by molar-refractivity contribution is 0.625. The molecule has 15 heavy (non-hydrogen) atoms. The second-order valence-corrected chi connectivity index (χ2v) is 3.44. The van der Waals surface area contributed by atoms with Crippen molar-refractivity contribution < 1.29 is 4.39 Å². The van der Waals surface area contributed by atoms with Crippen molar-refractivity contribution in [3.05, 3.63) is 35.1 Å². The molecule has 1 aromatic rings. The molecule has 0 radical (unpaired) electrons. The molecule has 0 aromatic heterocycles. The Kier molecular flexibility index (Phi) is 4.24. The van der Waals surface area contributed by atoms with Crippen LogP contribution in [-0.2, 0) is 0 Å². The molecule has 0 heterocycles. The number of rotatable bonds is 2. The summed E-state index contributed by atoms with van der Waals surface area (Å²) in [5.74, 6) is -0.468. The third kappa shape index (κ3) is 2.76. The topological polar surface area (TPSA) is 24.7 Å². The molecule has 0 aliphatic rings. The van der Waals surface area contributed by atoms with E-state index in [2.05, 4.69) is 9.98 Å². The van der Waals surface area contributed by atoms with Gasteiger partial charge in [-0.1, -0.05) is 29.3 Å². The van der Waals surface area contributed by atoms with E-state index in [1.165, 1.54) is 26.2 Å². The molecule has 80 valence electrons. The molecule has 0 saturated carbocycles. The van der Waals surface area contributed by atoms with Crippen LogP contribution >= 0.6 is 23.2 Å². The highest BCUT2D eigenvalue weighted by Gasteiger charge is 2.09. The fourth-order valence-electron chi connectivity index (χ4n) is 1.06. The SMILES string of the molecule is CN=C(Cl)c1ccc(C(Cl)=NC)c(F)c1. The minimum atomic E-state index is -0.468. The second kappa shape index (κ2) is 5.24. The van der Waals surface area contributed by atoms with E-state index in [1.54, 1.807) is 6.07 Å². The van der Waals surface area contributed by atoms with Crippen LogP contribution in [-0.4, -0.2) is 24.4 Å². The fraction of sp³-hybridized carbons (Fsp3) is 0.200. The predicted octanol–water partition coefficient (Wildman–Crippen LogP) is 3.06. The standard InChI is InChI=1S/C10H9Cl2FN2/c1-14-9(11)6-3-4-7(8(13)5-6)10(12)15-2/h3-5H,1-2H3. The summed E-state index contributed by atoms with van der Waals surface area (Å²) in [5, 5.41) is 0.383. The van der Waals surface area contributed by atoms with Crippen molar-refractivity contribution in [1.29, 1.82) is 0 Å². The first-order chi connectivity index (χ1) is 7.10. The molecule has 0 aliphatic carbocycles. The van der Waals surface area contributed by atoms with Gasteiger partial charge in [-0.15, -0.1) is 0 Å². The van der Waals surface area contributed by atoms with Crippen molar-refractivity contribution in [3.63, 3.8) is 0 Å². The number of benzene rings is 1. The van der Waals surface area contributed by atoms with Gasteiger partial charge in [-0.3, -0.25) is 9.98 Å². The molecule has 2 nitrogen and oxygen atoms in total. The third-order valence-electron chi connectivity index (χ3n) is 1.82. The molecule has 5 heteroatoms. The maximum absolute atomic E-state index is 13.5. The normalized spacial score (nSPS) is 13.1. The number of halogens is 3. The van der Waals surface area contributed by atoms with Gasteiger partial charge in [0.2, 0.25) is 0 Å². The number of hydrogen-bond acceptors (Lipinski definition) is 2. The van der Waals surface area contributed by atoms with E-state index in [1.807, 2.05) is 0 Å². The number of hydrogen-bond donors (Lipinski definition) is 0. The monoisotopic (exact) mass is 246 g/mol. The van der Waals surface area contributed by atoms with Gasteiger partial charge in [0.05, 0.1) is 0 Å². The van der Waals surface area contributed by atoms with Gasteiger partial charge in [0, 0.05) is 25.2 Å². The van der Waals surface area contributed by atoms with Crippen LogP contribution in [0.5, 0.6) is 0 Å². The Bertz CT molecular complexity index is 427. The van der Waals surface area contributed by atoms with Crippen LogP contribution in [0.1, 0.15) is 11.1 Å². The molecule has 1 rings (SSSR count). The second-order valence-electron chi connectivity index (χ2n) is 2.72. The Hall–Kier alpha value is -0.930. The Labute approximate surface area is 97.5 Å². The molecule has 0 bridgehead atoms. The molecular formula is C10H9Cl2FN2. The Morgan fingerprint density at radius 1 is 1.13 bits per heavy atom. The predicted molar refractivity (Wildman–Crippen MR) is 63.0 cm³/mol. The molecule has 0 unspecified atom stereocenters. The van der Waals surface area contributed by atoms with Crippen LogP contribution < -0.4 is 0 Å². The quantitative estimate of drug-likeness (QED) is 0.717. The van der Waals surface area contributed by atoms with Gasteiger partial charge in [-0.2, -0.15) is 0 Å². The van der Waals surface area contributed by atoms with Crippen molar-refractivity contribution in [3.8, 4) is 0 Å². The smallest absolute Gasteiger partial charge is 0.134 e. The van der Waals surface area contributed by atoms with Crippen LogP contribution in [0.4, 0.5) is 4.39 Å². The highest BCUT2D eigenvalue weighted by atomic mass is 35.5. The third-order valence-corrected chi connectivity index (χ3v) is 2.58. The van der Waals surface area contributed by atoms with Crippen molar-refractivity contribution in [2.24, 2.45) is 9.98 Å². The van der Waals surface area contributed by atoms with E-state index in [0.717, 1.165) is 0 Å². The van der Waals surface area contributed by atoms with Gasteiger partial charge in [-0.05, 0) is 12.1 Å². The van der Waals surface area contributed by atoms with Crippen molar-refractivity contribution in [2.45, 2.75) is 0 Å². The minimum absolute atomic E-state index is 0.128. The van der Waals surface area contributed by atoms with Crippen LogP contribution in [0.15, 0.2) is 28.2 Å². The summed E-state index contributed by atoms with van der Waals surface area (Å²) in [7, 11) is 3.03. The lowest BCUT2D eigenvalue weighted by Gasteiger charge is -2.02. The molecule has 0 atom stereocenters. The molecule has 0 N–H and O–H groups in total. The lowest BCUT2D eigenvalue weighted by Crippen LogP contribution is -1.99. The minimum Gasteiger partial charge on any atom is -0.276 e. The van der Waals surface area contributed by atoms with Gasteiger partial charge >= 0.3 is 0 Å². The first-order valence-electron chi connectivity index (χ1n) is 4.15. The zero-order valence-corrected chi connectivity index (χ0v) is 9.77. The summed E-state index contributed by atoms with van der Waals surface area (Å²) in [6.07, 6.45) is 0. The maximum Gasteiger partial charge on any atom is 0.134 e. The molecule has 0 aliphatic heterocycles. The average molecular weight is 247 g/mol. The lowest BCUT2D eigenvalue weighted by atomic mass is 10.1. The summed E-state index contributed by atoms with van der Waals surface area (Å²) in [6.45, 7) is 0. The van der Waals surface area contributed by atoms with Crippen LogP contribution in [0.3, 0.4) is 0 Å². The molecule has 0 amide bonds. The van der Waals surface area contributed by atoms with Crippen molar-refractivity contribution >= 4 is 33.5 Å². The molecule has 0 fully saturated rings. The van der Waals surface area contributed by atoms with Crippen molar-refractivity contribution in [2.75, 3.05) is 14.1 Å². The highest BCUT2D eigenvalue weighted by Crippen LogP contribution is 2.15. The summed E-state index contributed by atoms with van der Waals surface area (Å²) in [4.78, 5) is 7.44. The largest absolute Gasteiger partial charge is 0.276 e. The van der Waals surface area contributed by atoms with Gasteiger partial charge < -0.3 is 0 Å². The Balaban J connectivity index is 3.20. The van der Waals surface area contributed by atoms with E-state index in [-0.39, 0.29) is 15.9 Å². The van der Waals surface area contributed by atoms with E-state index in [9.17, 15) is 4.39 Å². The zero-order valence-electron chi connectivity index (χ0n) is 8.26. The zero-order chi connectivity index (χ0) is 11.4. The van der Waals surface area contributed by atoms with Crippen LogP contribution in [0, 0.1) is 5.82 Å². The van der Waals surface area contributed by atoms with E-state index < -0.39 is 5.82 Å². The van der Waals surface area contributed by atoms with Gasteiger partial charge in [0.1, 0.15) is 16.2 Å². The number of aliphatic imine (C=N–C) groups is 2. The number of nitrogens with zero attached hydrogens (tertiary/aromatic N) is 2. The molecule has 0 saturated heterocycles. The summed E-state index contributed by atoms with van der Waals surface area (Å²) in [5.41, 5.74) is 0.768. The van der Waals surface area contributed by atoms with E-state index in [4.69, 9.17) is 23.2 Å². The van der Waals surface area contributed by atoms with E-state index >= 15 is 0 Å². The molecule has 0 spiro atoms. The summed E-state index contributed by atoms with van der Waals surface area (Å²) in [6, 6.07) is 4.44. The fourth-order valence-corrected chi connectivity index (χ4v) is 1.33. The van der Waals surface area contributed by atoms with Gasteiger partial charge in [0.25, 0.3) is 0 Å². The first-order valence-corrected chi connectivity index (χ1v) is 4.90. The van der Waals surface area contributed by atoms with Gasteiger partial charge in [0.15, 0.2) is 0 Å². The van der Waals surface area contributed by atoms with Crippen LogP contribution in [0.25, 0.3) is 0 Å². The van der Waals surface area contributed by atoms with Gasteiger partial charge in [-0.25, -0.2) is 4.39 Å². The molecular weight excluding hydrogens is 238 g/mol. The Morgan fingerprint density at radius 2 is 1.73 bits per heavy atom. The average Bonchev–Trinajstić information content (AvgIpc) is 2.26. The summed E-state index contributed by atoms with van der Waals surface area (Å²) >= 11 is 11.5. The van der Waals surface area contributed by atoms with E-state index in [0.29, 0.717) is 5.56 Å².